The molecular formula is C25H27ClN2O5. The number of H-pyrrole nitrogens is 1. The number of aromatic nitrogens is 1. The molecule has 0 saturated heterocycles. The SMILES string of the molecule is COC(=O)c1cc2c3c(cc(OCc4ccccc4)c2[nH]1)N(C(=O)OC(C)(C)C)C[C@H]3CCl. The fraction of sp³-hybridized carbons (Fsp3) is 0.360. The minimum Gasteiger partial charge on any atom is -0.487 e. The Morgan fingerprint density at radius 2 is 1.91 bits per heavy atom. The van der Waals surface area contributed by atoms with Gasteiger partial charge in [-0.25, -0.2) is 9.59 Å². The number of amides is 1. The predicted molar refractivity (Wildman–Crippen MR) is 127 cm³/mol. The lowest BCUT2D eigenvalue weighted by Crippen LogP contribution is -2.36. The van der Waals surface area contributed by atoms with Gasteiger partial charge in [0.2, 0.25) is 0 Å². The molecule has 1 atom stereocenters. The van der Waals surface area contributed by atoms with Gasteiger partial charge in [0.1, 0.15) is 23.7 Å². The van der Waals surface area contributed by atoms with Crippen LogP contribution in [0.5, 0.6) is 5.75 Å². The molecule has 3 aromatic rings. The summed E-state index contributed by atoms with van der Waals surface area (Å²) in [7, 11) is 1.33. The molecule has 0 saturated carbocycles. The fourth-order valence-corrected chi connectivity index (χ4v) is 4.27. The third kappa shape index (κ3) is 4.64. The lowest BCUT2D eigenvalue weighted by Gasteiger charge is -2.25. The van der Waals surface area contributed by atoms with Crippen molar-refractivity contribution < 1.29 is 23.8 Å². The van der Waals surface area contributed by atoms with Crippen molar-refractivity contribution in [1.29, 1.82) is 0 Å². The minimum atomic E-state index is -0.640. The highest BCUT2D eigenvalue weighted by Crippen LogP contribution is 2.46. The number of alkyl halides is 1. The average Bonchev–Trinajstić information content (AvgIpc) is 3.38. The van der Waals surface area contributed by atoms with Crippen LogP contribution in [0, 0.1) is 0 Å². The highest BCUT2D eigenvalue weighted by molar-refractivity contribution is 6.19. The van der Waals surface area contributed by atoms with E-state index in [1.54, 1.807) is 11.0 Å². The topological polar surface area (TPSA) is 80.9 Å². The molecule has 0 aliphatic carbocycles. The number of esters is 1. The van der Waals surface area contributed by atoms with Gasteiger partial charge in [0.15, 0.2) is 0 Å². The van der Waals surface area contributed by atoms with Gasteiger partial charge in [-0.2, -0.15) is 0 Å². The molecule has 2 aromatic carbocycles. The zero-order chi connectivity index (χ0) is 23.8. The van der Waals surface area contributed by atoms with Crippen molar-refractivity contribution in [2.24, 2.45) is 0 Å². The molecule has 1 aliphatic rings. The highest BCUT2D eigenvalue weighted by atomic mass is 35.5. The first-order valence-corrected chi connectivity index (χ1v) is 11.3. The van der Waals surface area contributed by atoms with Crippen LogP contribution in [0.25, 0.3) is 10.9 Å². The van der Waals surface area contributed by atoms with Crippen molar-refractivity contribution in [3.63, 3.8) is 0 Å². The summed E-state index contributed by atoms with van der Waals surface area (Å²) in [6.07, 6.45) is -0.451. The number of aromatic amines is 1. The van der Waals surface area contributed by atoms with Crippen molar-refractivity contribution in [2.45, 2.75) is 38.9 Å². The van der Waals surface area contributed by atoms with E-state index < -0.39 is 17.7 Å². The number of benzene rings is 2. The second-order valence-electron chi connectivity index (χ2n) is 8.99. The summed E-state index contributed by atoms with van der Waals surface area (Å²) in [4.78, 5) is 30.0. The first kappa shape index (κ1) is 23.0. The smallest absolute Gasteiger partial charge is 0.414 e. The maximum Gasteiger partial charge on any atom is 0.414 e. The molecule has 8 heteroatoms. The van der Waals surface area contributed by atoms with Crippen molar-refractivity contribution in [3.05, 3.63) is 59.3 Å². The standard InChI is InChI=1S/C25H27ClN2O5/c1-25(2,3)33-24(30)28-13-16(12-26)21-17-10-18(23(29)31-4)27-22(17)20(11-19(21)28)32-14-15-8-6-5-7-9-15/h5-11,16,27H,12-14H2,1-4H3/t16-/m1/s1. The Bertz CT molecular complexity index is 1180. The van der Waals surface area contributed by atoms with Gasteiger partial charge in [-0.05, 0) is 38.0 Å². The van der Waals surface area contributed by atoms with Crippen LogP contribution in [0.15, 0.2) is 42.5 Å². The number of nitrogens with zero attached hydrogens (tertiary/aromatic N) is 1. The minimum absolute atomic E-state index is 0.124. The third-order valence-corrected chi connectivity index (χ3v) is 5.82. The number of fused-ring (bicyclic) bond motifs is 3. The van der Waals surface area contributed by atoms with E-state index in [9.17, 15) is 9.59 Å². The number of carbonyl (C=O) groups excluding carboxylic acids is 2. The molecule has 0 radical (unpaired) electrons. The van der Waals surface area contributed by atoms with Crippen LogP contribution in [0.1, 0.15) is 48.3 Å². The van der Waals surface area contributed by atoms with Gasteiger partial charge < -0.3 is 19.2 Å². The second-order valence-corrected chi connectivity index (χ2v) is 9.30. The Morgan fingerprint density at radius 3 is 2.55 bits per heavy atom. The van der Waals surface area contributed by atoms with E-state index in [1.807, 2.05) is 57.2 Å². The van der Waals surface area contributed by atoms with E-state index >= 15 is 0 Å². The summed E-state index contributed by atoms with van der Waals surface area (Å²) in [6.45, 7) is 6.18. The van der Waals surface area contributed by atoms with Crippen molar-refractivity contribution in [3.8, 4) is 5.75 Å². The summed E-state index contributed by atoms with van der Waals surface area (Å²) in [6, 6.07) is 13.3. The van der Waals surface area contributed by atoms with E-state index in [1.165, 1.54) is 7.11 Å². The quantitative estimate of drug-likeness (QED) is 0.387. The molecule has 7 nitrogen and oxygen atoms in total. The number of ether oxygens (including phenoxy) is 3. The van der Waals surface area contributed by atoms with Crippen molar-refractivity contribution in [2.75, 3.05) is 24.4 Å². The van der Waals surface area contributed by atoms with Crippen LogP contribution in [-0.2, 0) is 16.1 Å². The Morgan fingerprint density at radius 1 is 1.18 bits per heavy atom. The Balaban J connectivity index is 1.83. The largest absolute Gasteiger partial charge is 0.487 e. The summed E-state index contributed by atoms with van der Waals surface area (Å²) >= 11 is 6.30. The molecule has 0 unspecified atom stereocenters. The lowest BCUT2D eigenvalue weighted by atomic mass is 9.98. The number of rotatable bonds is 5. The number of halogens is 1. The summed E-state index contributed by atoms with van der Waals surface area (Å²) in [5.41, 5.74) is 2.86. The van der Waals surface area contributed by atoms with Gasteiger partial charge in [-0.15, -0.1) is 11.6 Å². The Hall–Kier alpha value is -3.19. The first-order valence-electron chi connectivity index (χ1n) is 10.7. The first-order chi connectivity index (χ1) is 15.7. The summed E-state index contributed by atoms with van der Waals surface area (Å²) in [5, 5.41) is 0.771. The maximum absolute atomic E-state index is 13.0. The van der Waals surface area contributed by atoms with E-state index in [4.69, 9.17) is 25.8 Å². The number of carbonyl (C=O) groups is 2. The molecule has 1 aromatic heterocycles. The van der Waals surface area contributed by atoms with Crippen LogP contribution >= 0.6 is 11.6 Å². The molecule has 33 heavy (non-hydrogen) atoms. The number of hydrogen-bond donors (Lipinski definition) is 1. The fourth-order valence-electron chi connectivity index (χ4n) is 4.02. The normalized spacial score (nSPS) is 15.4. The Kier molecular flexibility index (Phi) is 6.26. The van der Waals surface area contributed by atoms with Crippen LogP contribution in [-0.4, -0.2) is 42.2 Å². The zero-order valence-corrected chi connectivity index (χ0v) is 19.9. The number of methoxy groups -OCH3 is 1. The molecule has 1 amide bonds. The molecule has 0 fully saturated rings. The van der Waals surface area contributed by atoms with Gasteiger partial charge >= 0.3 is 12.1 Å². The highest BCUT2D eigenvalue weighted by Gasteiger charge is 2.37. The third-order valence-electron chi connectivity index (χ3n) is 5.44. The number of anilines is 1. The van der Waals surface area contributed by atoms with Crippen LogP contribution in [0.2, 0.25) is 0 Å². The van der Waals surface area contributed by atoms with Gasteiger partial charge in [0.05, 0.1) is 18.3 Å². The van der Waals surface area contributed by atoms with E-state index in [0.29, 0.717) is 41.7 Å². The average molecular weight is 471 g/mol. The molecule has 2 heterocycles. The zero-order valence-electron chi connectivity index (χ0n) is 19.1. The Labute approximate surface area is 197 Å². The maximum atomic E-state index is 13.0. The molecule has 0 bridgehead atoms. The van der Waals surface area contributed by atoms with Crippen molar-refractivity contribution >= 4 is 40.3 Å². The van der Waals surface area contributed by atoms with Gasteiger partial charge in [-0.1, -0.05) is 30.3 Å². The van der Waals surface area contributed by atoms with Crippen LogP contribution < -0.4 is 9.64 Å². The van der Waals surface area contributed by atoms with Gasteiger partial charge in [0.25, 0.3) is 0 Å². The predicted octanol–water partition coefficient (Wildman–Crippen LogP) is 5.61. The van der Waals surface area contributed by atoms with E-state index in [0.717, 1.165) is 16.5 Å². The molecule has 174 valence electrons. The van der Waals surface area contributed by atoms with Gasteiger partial charge in [0, 0.05) is 29.8 Å². The van der Waals surface area contributed by atoms with E-state index in [-0.39, 0.29) is 5.92 Å². The lowest BCUT2D eigenvalue weighted by molar-refractivity contribution is 0.0577. The molecule has 4 rings (SSSR count). The second kappa shape index (κ2) is 8.98. The molecule has 0 spiro atoms. The molecular weight excluding hydrogens is 444 g/mol. The molecule has 1 aliphatic heterocycles. The molecule has 1 N–H and O–H groups in total. The monoisotopic (exact) mass is 470 g/mol. The van der Waals surface area contributed by atoms with Crippen molar-refractivity contribution in [1.82, 2.24) is 4.98 Å². The van der Waals surface area contributed by atoms with Crippen LogP contribution in [0.3, 0.4) is 0 Å². The van der Waals surface area contributed by atoms with E-state index in [2.05, 4.69) is 4.98 Å². The summed E-state index contributed by atoms with van der Waals surface area (Å²) in [5.74, 6) is 0.218. The van der Waals surface area contributed by atoms with Gasteiger partial charge in [-0.3, -0.25) is 4.90 Å². The van der Waals surface area contributed by atoms with Crippen LogP contribution in [0.4, 0.5) is 10.5 Å². The summed E-state index contributed by atoms with van der Waals surface area (Å²) < 4.78 is 16.7. The number of nitrogens with one attached hydrogen (secondary N) is 1. The number of hydrogen-bond acceptors (Lipinski definition) is 5.